The van der Waals surface area contributed by atoms with Gasteiger partial charge in [-0.25, -0.2) is 0 Å². The first-order chi connectivity index (χ1) is 12.1. The van der Waals surface area contributed by atoms with Crippen molar-refractivity contribution >= 4 is 11.8 Å². The molecule has 1 unspecified atom stereocenters. The van der Waals surface area contributed by atoms with E-state index in [9.17, 15) is 9.59 Å². The molecular formula is C18H24N4O3. The molecule has 25 heavy (non-hydrogen) atoms. The van der Waals surface area contributed by atoms with Crippen molar-refractivity contribution in [2.75, 3.05) is 19.6 Å². The Balaban J connectivity index is 1.35. The number of aromatic nitrogens is 2. The minimum absolute atomic E-state index is 0.0194. The first-order valence-electron chi connectivity index (χ1n) is 9.52. The number of fused-ring (bicyclic) bond motifs is 1. The molecule has 0 radical (unpaired) electrons. The van der Waals surface area contributed by atoms with Crippen molar-refractivity contribution in [1.29, 1.82) is 0 Å². The Labute approximate surface area is 146 Å². The highest BCUT2D eigenvalue weighted by molar-refractivity contribution is 5.89. The molecule has 1 aromatic rings. The quantitative estimate of drug-likeness (QED) is 0.882. The SMILES string of the molecule is O=C1CC(C(=O)N2C[C@H]3CCC[C@@]3(c3nc(CC4CC4)no3)C2)CN1. The summed E-state index contributed by atoms with van der Waals surface area (Å²) in [6.45, 7) is 1.88. The number of nitrogens with zero attached hydrogens (tertiary/aromatic N) is 3. The van der Waals surface area contributed by atoms with Gasteiger partial charge in [0.25, 0.3) is 0 Å². The number of rotatable bonds is 4. The van der Waals surface area contributed by atoms with E-state index in [2.05, 4.69) is 10.5 Å². The molecule has 134 valence electrons. The number of carbonyl (C=O) groups is 2. The molecule has 1 aromatic heterocycles. The summed E-state index contributed by atoms with van der Waals surface area (Å²) in [5.41, 5.74) is -0.166. The van der Waals surface area contributed by atoms with Crippen molar-refractivity contribution in [3.8, 4) is 0 Å². The molecule has 2 amide bonds. The second-order valence-electron chi connectivity index (χ2n) is 8.33. The van der Waals surface area contributed by atoms with E-state index in [0.29, 0.717) is 25.4 Å². The predicted octanol–water partition coefficient (Wildman–Crippen LogP) is 1.04. The van der Waals surface area contributed by atoms with Crippen LogP contribution in [-0.4, -0.2) is 46.5 Å². The van der Waals surface area contributed by atoms with Crippen LogP contribution in [0.1, 0.15) is 50.2 Å². The average molecular weight is 344 g/mol. The van der Waals surface area contributed by atoms with Gasteiger partial charge in [0.05, 0.1) is 11.3 Å². The Morgan fingerprint density at radius 2 is 2.24 bits per heavy atom. The number of hydrogen-bond donors (Lipinski definition) is 1. The third kappa shape index (κ3) is 2.55. The van der Waals surface area contributed by atoms with Crippen molar-refractivity contribution in [2.24, 2.45) is 17.8 Å². The lowest BCUT2D eigenvalue weighted by atomic mass is 9.80. The van der Waals surface area contributed by atoms with E-state index >= 15 is 0 Å². The molecule has 2 aliphatic carbocycles. The fourth-order valence-corrected chi connectivity index (χ4v) is 4.96. The molecule has 2 aliphatic heterocycles. The number of carbonyl (C=O) groups excluding carboxylic acids is 2. The molecule has 1 N–H and O–H groups in total. The molecule has 4 fully saturated rings. The third-order valence-electron chi connectivity index (χ3n) is 6.57. The van der Waals surface area contributed by atoms with Gasteiger partial charge in [-0.15, -0.1) is 0 Å². The van der Waals surface area contributed by atoms with Gasteiger partial charge in [-0.3, -0.25) is 9.59 Å². The van der Waals surface area contributed by atoms with Gasteiger partial charge in [0.15, 0.2) is 5.82 Å². The van der Waals surface area contributed by atoms with E-state index < -0.39 is 0 Å². The van der Waals surface area contributed by atoms with Crippen LogP contribution in [0.15, 0.2) is 4.52 Å². The molecule has 3 heterocycles. The van der Waals surface area contributed by atoms with Crippen LogP contribution < -0.4 is 5.32 Å². The molecule has 2 saturated carbocycles. The van der Waals surface area contributed by atoms with Crippen LogP contribution in [0.2, 0.25) is 0 Å². The van der Waals surface area contributed by atoms with Crippen molar-refractivity contribution < 1.29 is 14.1 Å². The van der Waals surface area contributed by atoms with Gasteiger partial charge in [-0.1, -0.05) is 11.6 Å². The highest BCUT2D eigenvalue weighted by Gasteiger charge is 2.55. The summed E-state index contributed by atoms with van der Waals surface area (Å²) in [6, 6.07) is 0. The maximum Gasteiger partial charge on any atom is 0.235 e. The largest absolute Gasteiger partial charge is 0.355 e. The normalized spacial score (nSPS) is 34.4. The molecular weight excluding hydrogens is 320 g/mol. The summed E-state index contributed by atoms with van der Waals surface area (Å²) < 4.78 is 5.69. The van der Waals surface area contributed by atoms with Gasteiger partial charge in [-0.2, -0.15) is 4.98 Å². The molecule has 7 nitrogen and oxygen atoms in total. The maximum atomic E-state index is 12.8. The van der Waals surface area contributed by atoms with Gasteiger partial charge in [-0.05, 0) is 37.5 Å². The third-order valence-corrected chi connectivity index (χ3v) is 6.57. The Morgan fingerprint density at radius 3 is 3.00 bits per heavy atom. The van der Waals surface area contributed by atoms with Gasteiger partial charge in [0.1, 0.15) is 0 Å². The molecule has 7 heteroatoms. The zero-order valence-electron chi connectivity index (χ0n) is 14.4. The first-order valence-corrected chi connectivity index (χ1v) is 9.52. The molecule has 4 aliphatic rings. The van der Waals surface area contributed by atoms with Gasteiger partial charge in [0, 0.05) is 32.5 Å². The summed E-state index contributed by atoms with van der Waals surface area (Å²) in [5.74, 6) is 2.57. The summed E-state index contributed by atoms with van der Waals surface area (Å²) in [7, 11) is 0. The Bertz CT molecular complexity index is 713. The zero-order chi connectivity index (χ0) is 17.0. The first kappa shape index (κ1) is 15.3. The monoisotopic (exact) mass is 344 g/mol. The van der Waals surface area contributed by atoms with Crippen LogP contribution in [0.4, 0.5) is 0 Å². The fraction of sp³-hybridized carbons (Fsp3) is 0.778. The van der Waals surface area contributed by atoms with Crippen LogP contribution in [0.25, 0.3) is 0 Å². The predicted molar refractivity (Wildman–Crippen MR) is 87.4 cm³/mol. The highest BCUT2D eigenvalue weighted by Crippen LogP contribution is 2.50. The molecule has 2 saturated heterocycles. The van der Waals surface area contributed by atoms with E-state index in [1.165, 1.54) is 12.8 Å². The smallest absolute Gasteiger partial charge is 0.235 e. The van der Waals surface area contributed by atoms with E-state index in [1.807, 2.05) is 4.90 Å². The fourth-order valence-electron chi connectivity index (χ4n) is 4.96. The lowest BCUT2D eigenvalue weighted by molar-refractivity contribution is -0.135. The Kier molecular flexibility index (Phi) is 3.40. The molecule has 3 atom stereocenters. The molecule has 0 bridgehead atoms. The summed E-state index contributed by atoms with van der Waals surface area (Å²) in [4.78, 5) is 30.9. The molecule has 0 spiro atoms. The van der Waals surface area contributed by atoms with Crippen molar-refractivity contribution in [2.45, 2.75) is 50.4 Å². The van der Waals surface area contributed by atoms with E-state index in [-0.39, 0.29) is 23.1 Å². The number of amides is 2. The summed E-state index contributed by atoms with van der Waals surface area (Å²) >= 11 is 0. The minimum atomic E-state index is -0.212. The maximum absolute atomic E-state index is 12.8. The summed E-state index contributed by atoms with van der Waals surface area (Å²) in [6.07, 6.45) is 7.04. The lowest BCUT2D eigenvalue weighted by Gasteiger charge is -2.25. The van der Waals surface area contributed by atoms with Gasteiger partial charge < -0.3 is 14.7 Å². The van der Waals surface area contributed by atoms with Crippen molar-refractivity contribution in [3.05, 3.63) is 11.7 Å². The van der Waals surface area contributed by atoms with Gasteiger partial charge >= 0.3 is 0 Å². The molecule has 5 rings (SSSR count). The average Bonchev–Trinajstić information content (AvgIpc) is 3.00. The van der Waals surface area contributed by atoms with Crippen LogP contribution in [0, 0.1) is 17.8 Å². The minimum Gasteiger partial charge on any atom is -0.355 e. The van der Waals surface area contributed by atoms with Crippen LogP contribution in [0.5, 0.6) is 0 Å². The standard InChI is InChI=1S/C18H24N4O3/c23-15-7-12(8-19-15)16(24)22-9-13-2-1-5-18(13,10-22)17-20-14(21-25-17)6-11-3-4-11/h11-13H,1-10H2,(H,19,23)/t12?,13-,18-/m1/s1. The molecule has 0 aromatic carbocycles. The zero-order valence-corrected chi connectivity index (χ0v) is 14.4. The van der Waals surface area contributed by atoms with Gasteiger partial charge in [0.2, 0.25) is 17.7 Å². The Morgan fingerprint density at radius 1 is 1.36 bits per heavy atom. The Hall–Kier alpha value is -1.92. The van der Waals surface area contributed by atoms with Crippen molar-refractivity contribution in [1.82, 2.24) is 20.4 Å². The van der Waals surface area contributed by atoms with E-state index in [1.54, 1.807) is 0 Å². The number of nitrogens with one attached hydrogen (secondary N) is 1. The number of hydrogen-bond acceptors (Lipinski definition) is 5. The lowest BCUT2D eigenvalue weighted by Crippen LogP contribution is -2.38. The summed E-state index contributed by atoms with van der Waals surface area (Å²) in [5, 5.41) is 6.97. The van der Waals surface area contributed by atoms with Crippen LogP contribution >= 0.6 is 0 Å². The van der Waals surface area contributed by atoms with Crippen molar-refractivity contribution in [3.63, 3.8) is 0 Å². The second kappa shape index (κ2) is 5.54. The van der Waals surface area contributed by atoms with E-state index in [0.717, 1.165) is 49.9 Å². The highest BCUT2D eigenvalue weighted by atomic mass is 16.5. The topological polar surface area (TPSA) is 88.3 Å². The second-order valence-corrected chi connectivity index (χ2v) is 8.33. The van der Waals surface area contributed by atoms with E-state index in [4.69, 9.17) is 9.51 Å². The van der Waals surface area contributed by atoms with Crippen LogP contribution in [0.3, 0.4) is 0 Å². The number of likely N-dealkylation sites (tertiary alicyclic amines) is 1. The van der Waals surface area contributed by atoms with Crippen LogP contribution in [-0.2, 0) is 21.4 Å².